The second-order valence-electron chi connectivity index (χ2n) is 13.1. The molecule has 0 saturated heterocycles. The summed E-state index contributed by atoms with van der Waals surface area (Å²) in [7, 11) is 0. The van der Waals surface area contributed by atoms with Crippen molar-refractivity contribution in [2.45, 2.75) is 72.7 Å². The number of benzene rings is 4. The second kappa shape index (κ2) is 16.3. The fourth-order valence-electron chi connectivity index (χ4n) is 6.82. The van der Waals surface area contributed by atoms with Gasteiger partial charge in [0.25, 0.3) is 0 Å². The summed E-state index contributed by atoms with van der Waals surface area (Å²) in [4.78, 5) is 12.7. The maximum atomic E-state index is 8.95. The standard InChI is InChI=1S/C37H33N2O.C13H12N.Ir/c1-22-18-27(26-8-5-6-9-26)13-16-29(22)28-14-17-30(23(2)19-28)34-20-35(38-21-24(34)3)33-11-7-10-31-32-15-12-25(4)39-37(32)40-36(31)33;1-10-3-6-12(7-4-10)13-8-5-11(2)9-14-13;/h7,10,12-21,26H,5-6,8-9H2,1-4H3;3-6,8-9H,1-2H3;/q2*-1;/i1D3,2D3,3D3,4D3,26D;1D3,2D3;. The molecule has 8 aromatic rings. The molecule has 0 atom stereocenters. The van der Waals surface area contributed by atoms with E-state index in [0.717, 1.165) is 12.8 Å². The van der Waals surface area contributed by atoms with E-state index < -0.39 is 47.0 Å². The van der Waals surface area contributed by atoms with Crippen LogP contribution in [0.3, 0.4) is 0 Å². The first kappa shape index (κ1) is 21.2. The van der Waals surface area contributed by atoms with Crippen LogP contribution in [0, 0.1) is 53.2 Å². The fourth-order valence-corrected chi connectivity index (χ4v) is 6.82. The zero-order valence-electron chi connectivity index (χ0n) is 48.3. The Morgan fingerprint density at radius 2 is 1.49 bits per heavy atom. The topological polar surface area (TPSA) is 51.8 Å². The van der Waals surface area contributed by atoms with Crippen molar-refractivity contribution in [3.63, 3.8) is 0 Å². The number of pyridine rings is 3. The SMILES string of the molecule is [2H]C([2H])([2H])c1c[c-]c(-c2ccc(C([2H])([2H])[2H])cn2)cc1.[2H]C([2H])([2H])c1ccc2c(n1)oc1c(-c3cc(-c4ccc(-c5ccc(C6([2H])CCCC6)cc5C([2H])([2H])[2H])cc4C([2H])([2H])[2H])c(C([2H])([2H])[2H])cn3)[c-]ccc12.[Ir]. The van der Waals surface area contributed by atoms with Gasteiger partial charge in [0.1, 0.15) is 0 Å². The van der Waals surface area contributed by atoms with E-state index >= 15 is 0 Å². The van der Waals surface area contributed by atoms with Crippen molar-refractivity contribution < 1.29 is 50.6 Å². The van der Waals surface area contributed by atoms with Gasteiger partial charge in [-0.2, -0.15) is 0 Å². The molecule has 0 amide bonds. The summed E-state index contributed by atoms with van der Waals surface area (Å²) in [5, 5.41) is 1.14. The van der Waals surface area contributed by atoms with Crippen molar-refractivity contribution in [2.75, 3.05) is 0 Å². The Balaban J connectivity index is 0.000000320. The Kier molecular flexibility index (Phi) is 6.26. The van der Waals surface area contributed by atoms with Gasteiger partial charge >= 0.3 is 0 Å². The zero-order chi connectivity index (χ0) is 53.3. The van der Waals surface area contributed by atoms with Crippen LogP contribution >= 0.6 is 0 Å². The van der Waals surface area contributed by atoms with E-state index in [9.17, 15) is 0 Å². The number of hydrogen-bond donors (Lipinski definition) is 0. The van der Waals surface area contributed by atoms with Crippen LogP contribution in [0.1, 0.15) is 96.7 Å². The molecule has 1 aliphatic rings. The van der Waals surface area contributed by atoms with E-state index in [1.807, 2.05) is 0 Å². The van der Waals surface area contributed by atoms with Gasteiger partial charge in [-0.15, -0.1) is 53.6 Å². The molecular formula is C50H45IrN3O-2. The molecule has 4 aromatic heterocycles. The van der Waals surface area contributed by atoms with Gasteiger partial charge in [0.05, 0.1) is 5.58 Å². The zero-order valence-corrected chi connectivity index (χ0v) is 31.7. The molecule has 4 aromatic carbocycles. The number of nitrogens with zero attached hydrogens (tertiary/aromatic N) is 3. The van der Waals surface area contributed by atoms with Crippen LogP contribution in [-0.2, 0) is 20.1 Å². The molecule has 55 heavy (non-hydrogen) atoms. The number of aromatic nitrogens is 3. The molecule has 1 fully saturated rings. The van der Waals surface area contributed by atoms with Crippen molar-refractivity contribution in [3.8, 4) is 44.8 Å². The summed E-state index contributed by atoms with van der Waals surface area (Å²) >= 11 is 0. The number of fused-ring (bicyclic) bond motifs is 3. The third-order valence-corrected chi connectivity index (χ3v) is 9.57. The van der Waals surface area contributed by atoms with Crippen LogP contribution < -0.4 is 0 Å². The second-order valence-corrected chi connectivity index (χ2v) is 13.1. The van der Waals surface area contributed by atoms with Gasteiger partial charge in [-0.3, -0.25) is 0 Å². The normalized spacial score (nSPS) is 19.8. The van der Waals surface area contributed by atoms with Gasteiger partial charge in [-0.05, 0) is 127 Å². The predicted molar refractivity (Wildman–Crippen MR) is 223 cm³/mol. The van der Waals surface area contributed by atoms with Crippen LogP contribution in [0.15, 0.2) is 114 Å². The average molecular weight is 915 g/mol. The third-order valence-electron chi connectivity index (χ3n) is 9.57. The van der Waals surface area contributed by atoms with Gasteiger partial charge in [0, 0.05) is 69.6 Å². The van der Waals surface area contributed by atoms with Gasteiger partial charge in [-0.25, -0.2) is 4.98 Å². The third kappa shape index (κ3) is 7.96. The molecule has 5 heteroatoms. The van der Waals surface area contributed by atoms with E-state index in [1.165, 1.54) is 54.9 Å². The maximum Gasteiger partial charge on any atom is 0.216 e. The van der Waals surface area contributed by atoms with Gasteiger partial charge < -0.3 is 14.4 Å². The molecule has 1 saturated carbocycles. The number of hydrogen-bond acceptors (Lipinski definition) is 4. The Labute approximate surface area is 365 Å². The van der Waals surface area contributed by atoms with E-state index in [0.29, 0.717) is 57.1 Å². The summed E-state index contributed by atoms with van der Waals surface area (Å²) in [6, 6.07) is 30.7. The molecule has 0 aliphatic heterocycles. The van der Waals surface area contributed by atoms with Crippen molar-refractivity contribution in [1.82, 2.24) is 15.0 Å². The summed E-state index contributed by atoms with van der Waals surface area (Å²) in [5.74, 6) is -0.891. The van der Waals surface area contributed by atoms with Crippen molar-refractivity contribution in [3.05, 3.63) is 161 Å². The molecular weight excluding hydrogens is 851 g/mol. The first-order chi connectivity index (χ1) is 33.8. The molecule has 0 spiro atoms. The molecule has 4 nitrogen and oxygen atoms in total. The Morgan fingerprint density at radius 3 is 2.25 bits per heavy atom. The minimum Gasteiger partial charge on any atom is -0.486 e. The molecule has 0 unspecified atom stereocenters. The van der Waals surface area contributed by atoms with Crippen molar-refractivity contribution in [2.24, 2.45) is 0 Å². The molecule has 4 heterocycles. The van der Waals surface area contributed by atoms with Crippen LogP contribution in [0.5, 0.6) is 0 Å². The first-order valence-electron chi connectivity index (χ1n) is 26.9. The number of aryl methyl sites for hydroxylation is 6. The fraction of sp³-hybridized carbons (Fsp3) is 0.220. The number of rotatable bonds is 5. The molecule has 277 valence electrons. The van der Waals surface area contributed by atoms with E-state index in [-0.39, 0.29) is 81.7 Å². The Morgan fingerprint density at radius 1 is 0.673 bits per heavy atom. The monoisotopic (exact) mass is 915 g/mol. The van der Waals surface area contributed by atoms with Crippen molar-refractivity contribution in [1.29, 1.82) is 0 Å². The minimum absolute atomic E-state index is 0. The molecule has 0 bridgehead atoms. The van der Waals surface area contributed by atoms with Gasteiger partial charge in [0.2, 0.25) is 5.71 Å². The molecule has 1 radical (unpaired) electrons. The minimum atomic E-state index is -2.76. The molecule has 0 N–H and O–H groups in total. The van der Waals surface area contributed by atoms with E-state index in [4.69, 9.17) is 30.5 Å². The van der Waals surface area contributed by atoms with Crippen LogP contribution in [-0.4, -0.2) is 15.0 Å². The largest absolute Gasteiger partial charge is 0.486 e. The quantitative estimate of drug-likeness (QED) is 0.161. The predicted octanol–water partition coefficient (Wildman–Crippen LogP) is 13.2. The number of furan rings is 1. The van der Waals surface area contributed by atoms with E-state index in [1.54, 1.807) is 54.6 Å². The molecule has 1 aliphatic carbocycles. The van der Waals surface area contributed by atoms with E-state index in [2.05, 4.69) is 27.1 Å². The smallest absolute Gasteiger partial charge is 0.216 e. The Hall–Kier alpha value is -5.22. The first-order valence-corrected chi connectivity index (χ1v) is 17.4. The van der Waals surface area contributed by atoms with Crippen LogP contribution in [0.2, 0.25) is 0 Å². The van der Waals surface area contributed by atoms with Crippen LogP contribution in [0.25, 0.3) is 66.8 Å². The summed E-state index contributed by atoms with van der Waals surface area (Å²) in [6.45, 7) is -14.8. The Bertz CT molecular complexity index is 3270. The van der Waals surface area contributed by atoms with Crippen LogP contribution in [0.4, 0.5) is 0 Å². The maximum absolute atomic E-state index is 8.95. The summed E-state index contributed by atoms with van der Waals surface area (Å²) in [6.07, 6.45) is 5.46. The van der Waals surface area contributed by atoms with Crippen molar-refractivity contribution >= 4 is 22.1 Å². The summed E-state index contributed by atoms with van der Waals surface area (Å²) in [5.41, 5.74) is 3.27. The van der Waals surface area contributed by atoms with Gasteiger partial charge in [0.15, 0.2) is 0 Å². The molecule has 9 rings (SSSR count). The average Bonchev–Trinajstić information content (AvgIpc) is 3.93. The van der Waals surface area contributed by atoms with Gasteiger partial charge in [-0.1, -0.05) is 85.2 Å². The summed E-state index contributed by atoms with van der Waals surface area (Å²) < 4.78 is 157.